The zero-order valence-corrected chi connectivity index (χ0v) is 20.0. The van der Waals surface area contributed by atoms with E-state index >= 15 is 0 Å². The van der Waals surface area contributed by atoms with Gasteiger partial charge in [0.15, 0.2) is 0 Å². The lowest BCUT2D eigenvalue weighted by molar-refractivity contribution is -0.138. The molecule has 1 atom stereocenters. The summed E-state index contributed by atoms with van der Waals surface area (Å²) in [6.45, 7) is 0. The van der Waals surface area contributed by atoms with Crippen LogP contribution in [0.25, 0.3) is 10.8 Å². The molecule has 1 N–H and O–H groups in total. The molecule has 0 aliphatic heterocycles. The molecule has 1 unspecified atom stereocenters. The summed E-state index contributed by atoms with van der Waals surface area (Å²) in [5.41, 5.74) is -0.0821. The molecule has 0 bridgehead atoms. The topological polar surface area (TPSA) is 55.2 Å². The predicted molar refractivity (Wildman–Crippen MR) is 133 cm³/mol. The van der Waals surface area contributed by atoms with Gasteiger partial charge in [-0.3, -0.25) is 0 Å². The molecular weight excluding hydrogens is 522 g/mol. The van der Waals surface area contributed by atoms with Crippen LogP contribution in [-0.4, -0.2) is 15.1 Å². The lowest BCUT2D eigenvalue weighted by Crippen LogP contribution is -2.04. The molecule has 10 heteroatoms. The van der Waals surface area contributed by atoms with E-state index in [2.05, 4.69) is 9.97 Å². The highest BCUT2D eigenvalue weighted by molar-refractivity contribution is 5.86. The van der Waals surface area contributed by atoms with E-state index in [0.717, 1.165) is 64.9 Å². The van der Waals surface area contributed by atoms with Crippen LogP contribution in [0.2, 0.25) is 0 Å². The Labute approximate surface area is 219 Å². The second-order valence-corrected chi connectivity index (χ2v) is 8.29. The van der Waals surface area contributed by atoms with Gasteiger partial charge in [0.2, 0.25) is 0 Å². The first-order valence-electron chi connectivity index (χ1n) is 11.5. The Morgan fingerprint density at radius 3 is 1.62 bits per heavy atom. The third-order valence-electron chi connectivity index (χ3n) is 5.61. The highest BCUT2D eigenvalue weighted by atomic mass is 19.4. The summed E-state index contributed by atoms with van der Waals surface area (Å²) in [5.74, 6) is 0.200. The zero-order valence-electron chi connectivity index (χ0n) is 20.0. The SMILES string of the molecule is FC(F)(F)c1ccc(Oc2ccc(C(F)(F)F)cc2)cc1.OC(c1cncnc1)c1cccc2ccccc12. The maximum Gasteiger partial charge on any atom is 0.416 e. The van der Waals surface area contributed by atoms with Gasteiger partial charge in [-0.15, -0.1) is 0 Å². The molecule has 1 aromatic heterocycles. The summed E-state index contributed by atoms with van der Waals surface area (Å²) in [6, 6.07) is 21.6. The van der Waals surface area contributed by atoms with E-state index in [-0.39, 0.29) is 11.5 Å². The molecule has 0 aliphatic rings. The lowest BCUT2D eigenvalue weighted by Gasteiger charge is -2.13. The Balaban J connectivity index is 0.000000183. The van der Waals surface area contributed by atoms with Crippen LogP contribution in [0, 0.1) is 0 Å². The number of nitrogens with zero attached hydrogens (tertiary/aromatic N) is 2. The fourth-order valence-electron chi connectivity index (χ4n) is 3.68. The molecule has 200 valence electrons. The first-order valence-corrected chi connectivity index (χ1v) is 11.5. The molecule has 0 saturated heterocycles. The van der Waals surface area contributed by atoms with E-state index < -0.39 is 29.6 Å². The average Bonchev–Trinajstić information content (AvgIpc) is 2.93. The van der Waals surface area contributed by atoms with E-state index in [0.29, 0.717) is 5.56 Å². The Bertz CT molecular complexity index is 1440. The van der Waals surface area contributed by atoms with Gasteiger partial charge >= 0.3 is 12.4 Å². The van der Waals surface area contributed by atoms with Crippen molar-refractivity contribution < 1.29 is 36.2 Å². The van der Waals surface area contributed by atoms with Crippen molar-refractivity contribution in [3.63, 3.8) is 0 Å². The minimum Gasteiger partial charge on any atom is -0.457 e. The van der Waals surface area contributed by atoms with Crippen molar-refractivity contribution in [2.75, 3.05) is 0 Å². The van der Waals surface area contributed by atoms with Crippen LogP contribution in [0.5, 0.6) is 11.5 Å². The van der Waals surface area contributed by atoms with Gasteiger partial charge in [0.1, 0.15) is 23.9 Å². The number of rotatable bonds is 4. The van der Waals surface area contributed by atoms with Crippen LogP contribution in [0.4, 0.5) is 26.3 Å². The summed E-state index contributed by atoms with van der Waals surface area (Å²) in [5, 5.41) is 12.6. The third kappa shape index (κ3) is 7.11. The minimum atomic E-state index is -4.45. The molecule has 0 spiro atoms. The zero-order chi connectivity index (χ0) is 28.0. The number of hydrogen-bond acceptors (Lipinski definition) is 4. The van der Waals surface area contributed by atoms with E-state index in [9.17, 15) is 31.4 Å². The number of ether oxygens (including phenoxy) is 1. The predicted octanol–water partition coefficient (Wildman–Crippen LogP) is 8.23. The normalized spacial score (nSPS) is 12.4. The molecular formula is C29H20F6N2O2. The number of aliphatic hydroxyl groups is 1. The number of aromatic nitrogens is 2. The van der Waals surface area contributed by atoms with Crippen molar-refractivity contribution >= 4 is 10.8 Å². The molecule has 5 aromatic rings. The molecule has 0 radical (unpaired) electrons. The van der Waals surface area contributed by atoms with Crippen molar-refractivity contribution in [1.82, 2.24) is 9.97 Å². The van der Waals surface area contributed by atoms with E-state index in [1.54, 1.807) is 12.4 Å². The molecule has 4 aromatic carbocycles. The van der Waals surface area contributed by atoms with Crippen molar-refractivity contribution in [2.45, 2.75) is 18.5 Å². The van der Waals surface area contributed by atoms with Gasteiger partial charge in [-0.2, -0.15) is 26.3 Å². The van der Waals surface area contributed by atoms with E-state index in [1.807, 2.05) is 42.5 Å². The summed E-state index contributed by atoms with van der Waals surface area (Å²) < 4.78 is 79.3. The smallest absolute Gasteiger partial charge is 0.416 e. The van der Waals surface area contributed by atoms with Gasteiger partial charge < -0.3 is 9.84 Å². The van der Waals surface area contributed by atoms with Crippen molar-refractivity contribution in [3.8, 4) is 11.5 Å². The second-order valence-electron chi connectivity index (χ2n) is 8.29. The van der Waals surface area contributed by atoms with Crippen LogP contribution in [0.3, 0.4) is 0 Å². The van der Waals surface area contributed by atoms with Gasteiger partial charge in [-0.1, -0.05) is 42.5 Å². The molecule has 1 heterocycles. The van der Waals surface area contributed by atoms with E-state index in [4.69, 9.17) is 4.74 Å². The summed E-state index contributed by atoms with van der Waals surface area (Å²) >= 11 is 0. The number of hydrogen-bond donors (Lipinski definition) is 1. The molecule has 0 aliphatic carbocycles. The molecule has 5 rings (SSSR count). The molecule has 4 nitrogen and oxygen atoms in total. The second kappa shape index (κ2) is 11.5. The van der Waals surface area contributed by atoms with E-state index in [1.165, 1.54) is 6.33 Å². The summed E-state index contributed by atoms with van der Waals surface area (Å²) in [7, 11) is 0. The first kappa shape index (κ1) is 27.6. The maximum absolute atomic E-state index is 12.4. The Morgan fingerprint density at radius 1 is 0.615 bits per heavy atom. The quantitative estimate of drug-likeness (QED) is 0.233. The molecule has 39 heavy (non-hydrogen) atoms. The Hall–Kier alpha value is -4.44. The molecule has 0 fully saturated rings. The molecule has 0 saturated carbocycles. The minimum absolute atomic E-state index is 0.0998. The summed E-state index contributed by atoms with van der Waals surface area (Å²) in [4.78, 5) is 7.88. The van der Waals surface area contributed by atoms with Gasteiger partial charge in [0.25, 0.3) is 0 Å². The lowest BCUT2D eigenvalue weighted by atomic mass is 9.97. The van der Waals surface area contributed by atoms with Crippen LogP contribution in [0.1, 0.15) is 28.4 Å². The van der Waals surface area contributed by atoms with Crippen LogP contribution < -0.4 is 4.74 Å². The van der Waals surface area contributed by atoms with Crippen molar-refractivity contribution in [1.29, 1.82) is 0 Å². The number of fused-ring (bicyclic) bond motifs is 1. The maximum atomic E-state index is 12.4. The number of halogens is 6. The largest absolute Gasteiger partial charge is 0.457 e. The van der Waals surface area contributed by atoms with Gasteiger partial charge in [-0.25, -0.2) is 9.97 Å². The average molecular weight is 542 g/mol. The van der Waals surface area contributed by atoms with Gasteiger partial charge in [0, 0.05) is 18.0 Å². The number of benzene rings is 4. The highest BCUT2D eigenvalue weighted by Gasteiger charge is 2.31. The highest BCUT2D eigenvalue weighted by Crippen LogP contribution is 2.33. The van der Waals surface area contributed by atoms with Crippen LogP contribution in [0.15, 0.2) is 110 Å². The summed E-state index contributed by atoms with van der Waals surface area (Å²) in [6.07, 6.45) is -4.87. The first-order chi connectivity index (χ1) is 18.5. The van der Waals surface area contributed by atoms with Crippen LogP contribution in [-0.2, 0) is 12.4 Å². The number of aliphatic hydroxyl groups excluding tert-OH is 1. The fraction of sp³-hybridized carbons (Fsp3) is 0.103. The van der Waals surface area contributed by atoms with Gasteiger partial charge in [0.05, 0.1) is 11.1 Å². The van der Waals surface area contributed by atoms with Gasteiger partial charge in [-0.05, 0) is 64.9 Å². The fourth-order valence-corrected chi connectivity index (χ4v) is 3.68. The Morgan fingerprint density at radius 2 is 1.10 bits per heavy atom. The number of alkyl halides is 6. The molecule has 0 amide bonds. The van der Waals surface area contributed by atoms with Crippen molar-refractivity contribution in [2.24, 2.45) is 0 Å². The van der Waals surface area contributed by atoms with Crippen LogP contribution >= 0.6 is 0 Å². The third-order valence-corrected chi connectivity index (χ3v) is 5.61. The standard InChI is InChI=1S/C15H12N2O.C14H8F6O/c18-15(12-8-16-10-17-9-12)14-7-3-5-11-4-1-2-6-13(11)14;15-13(16,17)9-1-5-11(6-2-9)21-12-7-3-10(4-8-12)14(18,19)20/h1-10,15,18H;1-8H. The Kier molecular flexibility index (Phi) is 8.15. The van der Waals surface area contributed by atoms with Crippen molar-refractivity contribution in [3.05, 3.63) is 132 Å². The monoisotopic (exact) mass is 542 g/mol.